The van der Waals surface area contributed by atoms with Gasteiger partial charge in [-0.3, -0.25) is 15.0 Å². The smallest absolute Gasteiger partial charge is 0.388 e. The van der Waals surface area contributed by atoms with Crippen LogP contribution >= 0.6 is 23.5 Å². The Labute approximate surface area is 319 Å². The minimum absolute atomic E-state index is 0.0419. The molecule has 1 heterocycles. The van der Waals surface area contributed by atoms with Gasteiger partial charge in [0.25, 0.3) is 0 Å². The van der Waals surface area contributed by atoms with Gasteiger partial charge in [0, 0.05) is 59.4 Å². The number of thioether (sulfide) groups is 2. The fourth-order valence-electron chi connectivity index (χ4n) is 5.68. The molecule has 17 heteroatoms. The number of aryl methyl sites for hydroxylation is 2. The van der Waals surface area contributed by atoms with Gasteiger partial charge in [-0.1, -0.05) is 0 Å². The second-order valence-electron chi connectivity index (χ2n) is 12.7. The summed E-state index contributed by atoms with van der Waals surface area (Å²) in [7, 11) is 0. The molecule has 1 aromatic heterocycles. The number of Topliss-reactive ketones (excluding diaryl/α,β-unsaturated/α-hetero) is 2. The van der Waals surface area contributed by atoms with E-state index in [9.17, 15) is 35.9 Å². The number of hydrogen-bond donors (Lipinski definition) is 5. The van der Waals surface area contributed by atoms with Crippen molar-refractivity contribution in [1.82, 2.24) is 9.97 Å². The van der Waals surface area contributed by atoms with Crippen LogP contribution < -0.4 is 17.2 Å². The quantitative estimate of drug-likeness (QED) is 0.0169. The zero-order chi connectivity index (χ0) is 40.1. The monoisotopic (exact) mass is 797 g/mol. The molecule has 294 valence electrons. The Balaban J connectivity index is 1.93. The Hall–Kier alpha value is -3.80. The largest absolute Gasteiger partial charge is 0.416 e. The fraction of sp³-hybridized carbons (Fsp3) is 0.459. The summed E-state index contributed by atoms with van der Waals surface area (Å²) in [4.78, 5) is 35.8. The molecule has 3 aromatic rings. The van der Waals surface area contributed by atoms with Crippen LogP contribution in [0.25, 0.3) is 0 Å². The molecule has 0 radical (unpaired) electrons. The van der Waals surface area contributed by atoms with E-state index in [0.29, 0.717) is 59.1 Å². The van der Waals surface area contributed by atoms with Crippen molar-refractivity contribution >= 4 is 46.6 Å². The molecule has 54 heavy (non-hydrogen) atoms. The highest BCUT2D eigenvalue weighted by Gasteiger charge is 2.36. The summed E-state index contributed by atoms with van der Waals surface area (Å²) >= 11 is 2.42. The topological polar surface area (TPSA) is 186 Å². The minimum Gasteiger partial charge on any atom is -0.388 e. The highest BCUT2D eigenvalue weighted by Crippen LogP contribution is 2.39. The highest BCUT2D eigenvalue weighted by molar-refractivity contribution is 7.99. The molecule has 0 fully saturated rings. The maximum atomic E-state index is 14.3. The molecular formula is C37H45F6N7O2S2. The van der Waals surface area contributed by atoms with Gasteiger partial charge in [-0.2, -0.15) is 26.3 Å². The van der Waals surface area contributed by atoms with Crippen LogP contribution in [0.4, 0.5) is 26.3 Å². The molecule has 0 amide bonds. The Morgan fingerprint density at radius 3 is 1.46 bits per heavy atom. The lowest BCUT2D eigenvalue weighted by atomic mass is 9.95. The lowest BCUT2D eigenvalue weighted by Gasteiger charge is -2.18. The molecule has 0 aliphatic carbocycles. The summed E-state index contributed by atoms with van der Waals surface area (Å²) in [5.74, 6) is -0.675. The van der Waals surface area contributed by atoms with Crippen molar-refractivity contribution in [2.45, 2.75) is 93.3 Å². The summed E-state index contributed by atoms with van der Waals surface area (Å²) in [6.45, 7) is 2.11. The van der Waals surface area contributed by atoms with Crippen molar-refractivity contribution in [3.05, 3.63) is 81.4 Å². The number of carbonyl (C=O) groups is 2. The second kappa shape index (κ2) is 20.8. The SMILES string of the molecule is CC(=N)CCCCc1cc(SCCN)c(CC(=O)c2cc(C(=O)Cc3cc(C(F)(F)F)c(CCCCC(=N)N)cc3SCCN)ncn2)cc1C(F)(F)F. The summed E-state index contributed by atoms with van der Waals surface area (Å²) < 4.78 is 85.5. The number of halogens is 6. The third-order valence-electron chi connectivity index (χ3n) is 8.26. The summed E-state index contributed by atoms with van der Waals surface area (Å²) in [5.41, 5.74) is 15.3. The van der Waals surface area contributed by atoms with E-state index >= 15 is 0 Å². The van der Waals surface area contributed by atoms with E-state index in [1.807, 2.05) is 0 Å². The van der Waals surface area contributed by atoms with Crippen LogP contribution in [0.2, 0.25) is 0 Å². The Morgan fingerprint density at radius 1 is 0.667 bits per heavy atom. The van der Waals surface area contributed by atoms with Gasteiger partial charge < -0.3 is 22.6 Å². The van der Waals surface area contributed by atoms with Crippen LogP contribution in [0.5, 0.6) is 0 Å². The molecule has 0 bridgehead atoms. The Morgan fingerprint density at radius 2 is 1.09 bits per heavy atom. The number of aromatic nitrogens is 2. The zero-order valence-corrected chi connectivity index (χ0v) is 31.5. The molecule has 0 unspecified atom stereocenters. The second-order valence-corrected chi connectivity index (χ2v) is 15.0. The van der Waals surface area contributed by atoms with Gasteiger partial charge in [-0.15, -0.1) is 23.5 Å². The Bertz CT molecular complexity index is 1680. The number of carbonyl (C=O) groups excluding carboxylic acids is 2. The minimum atomic E-state index is -4.72. The van der Waals surface area contributed by atoms with Gasteiger partial charge in [0.1, 0.15) is 17.7 Å². The Kier molecular flexibility index (Phi) is 17.1. The van der Waals surface area contributed by atoms with E-state index in [1.165, 1.54) is 35.7 Å². The zero-order valence-electron chi connectivity index (χ0n) is 29.9. The number of nitrogens with two attached hydrogens (primary N) is 3. The van der Waals surface area contributed by atoms with Gasteiger partial charge in [-0.05, 0) is 104 Å². The number of benzene rings is 2. The van der Waals surface area contributed by atoms with Crippen molar-refractivity contribution in [3.63, 3.8) is 0 Å². The molecule has 2 aromatic carbocycles. The fourth-order valence-corrected chi connectivity index (χ4v) is 7.44. The first kappa shape index (κ1) is 44.6. The van der Waals surface area contributed by atoms with E-state index in [0.717, 1.165) is 24.5 Å². The van der Waals surface area contributed by atoms with Crippen LogP contribution in [0, 0.1) is 10.8 Å². The molecule has 0 saturated heterocycles. The molecule has 8 N–H and O–H groups in total. The van der Waals surface area contributed by atoms with E-state index in [1.54, 1.807) is 6.92 Å². The van der Waals surface area contributed by atoms with Crippen LogP contribution in [0.15, 0.2) is 46.5 Å². The van der Waals surface area contributed by atoms with Crippen LogP contribution in [-0.4, -0.2) is 57.7 Å². The maximum absolute atomic E-state index is 14.3. The summed E-state index contributed by atoms with van der Waals surface area (Å²) in [6.07, 6.45) is -6.69. The van der Waals surface area contributed by atoms with Crippen LogP contribution in [0.1, 0.15) is 99.8 Å². The van der Waals surface area contributed by atoms with Crippen LogP contribution in [0.3, 0.4) is 0 Å². The van der Waals surface area contributed by atoms with Gasteiger partial charge in [-0.25, -0.2) is 9.97 Å². The molecule has 0 spiro atoms. The number of alkyl halides is 6. The molecule has 0 atom stereocenters. The molecule has 0 aliphatic heterocycles. The number of nitrogens with one attached hydrogen (secondary N) is 2. The van der Waals surface area contributed by atoms with Gasteiger partial charge in [0.2, 0.25) is 0 Å². The molecule has 3 rings (SSSR count). The number of unbranched alkanes of at least 4 members (excludes halogenated alkanes) is 2. The van der Waals surface area contributed by atoms with Gasteiger partial charge in [0.15, 0.2) is 11.6 Å². The van der Waals surface area contributed by atoms with E-state index in [2.05, 4.69) is 9.97 Å². The average Bonchev–Trinajstić information content (AvgIpc) is 3.10. The van der Waals surface area contributed by atoms with Crippen molar-refractivity contribution < 1.29 is 35.9 Å². The lowest BCUT2D eigenvalue weighted by Crippen LogP contribution is -2.16. The van der Waals surface area contributed by atoms with Gasteiger partial charge in [0.05, 0.1) is 17.0 Å². The maximum Gasteiger partial charge on any atom is 0.416 e. The molecule has 0 saturated carbocycles. The molecule has 9 nitrogen and oxygen atoms in total. The van der Waals surface area contributed by atoms with Crippen molar-refractivity contribution in [2.75, 3.05) is 24.6 Å². The number of hydrogen-bond acceptors (Lipinski definition) is 10. The third kappa shape index (κ3) is 13.8. The molecule has 0 aliphatic rings. The average molecular weight is 798 g/mol. The number of nitrogens with zero attached hydrogens (tertiary/aromatic N) is 2. The predicted octanol–water partition coefficient (Wildman–Crippen LogP) is 7.87. The lowest BCUT2D eigenvalue weighted by molar-refractivity contribution is -0.139. The number of ketones is 2. The predicted molar refractivity (Wildman–Crippen MR) is 201 cm³/mol. The van der Waals surface area contributed by atoms with E-state index in [4.69, 9.17) is 28.0 Å². The molecular weight excluding hydrogens is 753 g/mol. The first-order valence-corrected chi connectivity index (χ1v) is 19.3. The van der Waals surface area contributed by atoms with Gasteiger partial charge >= 0.3 is 12.4 Å². The summed E-state index contributed by atoms with van der Waals surface area (Å²) in [6, 6.07) is 5.86. The number of rotatable bonds is 22. The first-order valence-electron chi connectivity index (χ1n) is 17.3. The normalized spacial score (nSPS) is 11.9. The van der Waals surface area contributed by atoms with Crippen LogP contribution in [-0.2, 0) is 38.0 Å². The van der Waals surface area contributed by atoms with Crippen molar-refractivity contribution in [2.24, 2.45) is 17.2 Å². The number of amidine groups is 1. The highest BCUT2D eigenvalue weighted by atomic mass is 32.2. The summed E-state index contributed by atoms with van der Waals surface area (Å²) in [5, 5.41) is 14.9. The van der Waals surface area contributed by atoms with Crippen molar-refractivity contribution in [1.29, 1.82) is 10.8 Å². The standard InChI is InChI=1S/C37H45F6N7O2S2/c1-22(46)6-2-3-7-23-18-33(53-12-10-44)25(14-27(23)36(38,39)40)16-31(51)29-20-30(50-21-49-29)32(52)17-26-15-28(37(41,42)43)24(8-4-5-9-35(47)48)19-34(26)54-13-11-45/h14-15,18-21,46H,2-13,16-17,44-45H2,1H3,(H3,47,48). The first-order chi connectivity index (χ1) is 25.4. The van der Waals surface area contributed by atoms with E-state index < -0.39 is 47.9 Å². The van der Waals surface area contributed by atoms with E-state index in [-0.39, 0.29) is 71.8 Å². The van der Waals surface area contributed by atoms with Crippen molar-refractivity contribution in [3.8, 4) is 0 Å². The third-order valence-corrected chi connectivity index (χ3v) is 10.5.